The highest BCUT2D eigenvalue weighted by molar-refractivity contribution is 6.10. The van der Waals surface area contributed by atoms with Crippen LogP contribution in [0.3, 0.4) is 0 Å². The molecule has 1 N–H and O–H groups in total. The summed E-state index contributed by atoms with van der Waals surface area (Å²) < 4.78 is 6.43. The second kappa shape index (κ2) is 7.47. The molecule has 0 aliphatic heterocycles. The number of ether oxygens (including phenoxy) is 1. The highest BCUT2D eigenvalue weighted by Crippen LogP contribution is 2.25. The summed E-state index contributed by atoms with van der Waals surface area (Å²) in [4.78, 5) is 24.8. The van der Waals surface area contributed by atoms with Gasteiger partial charge in [0.15, 0.2) is 5.78 Å². The third kappa shape index (κ3) is 3.46. The van der Waals surface area contributed by atoms with E-state index in [1.54, 1.807) is 0 Å². The van der Waals surface area contributed by atoms with Crippen LogP contribution in [0.5, 0.6) is 11.5 Å². The van der Waals surface area contributed by atoms with Gasteiger partial charge in [-0.2, -0.15) is 5.26 Å². The number of phenolic OH excluding ortho intramolecular Hbond substituents is 1. The Morgan fingerprint density at radius 2 is 2.12 bits per heavy atom. The highest BCUT2D eigenvalue weighted by Gasteiger charge is 2.18. The number of carbonyl (C=O) groups excluding carboxylic acids is 1. The average molecular weight is 326 g/mol. The van der Waals surface area contributed by atoms with Gasteiger partial charge in [0.25, 0.3) is 5.56 Å². The van der Waals surface area contributed by atoms with Gasteiger partial charge in [0.1, 0.15) is 23.1 Å². The van der Waals surface area contributed by atoms with Crippen LogP contribution in [0, 0.1) is 11.3 Å². The first-order valence-electron chi connectivity index (χ1n) is 7.58. The molecule has 1 aromatic heterocycles. The molecule has 1 heterocycles. The van der Waals surface area contributed by atoms with Crippen LogP contribution in [-0.4, -0.2) is 22.6 Å². The number of pyridine rings is 1. The van der Waals surface area contributed by atoms with Crippen molar-refractivity contribution in [3.8, 4) is 17.6 Å². The molecule has 2 aromatic rings. The topological polar surface area (TPSA) is 92.3 Å². The summed E-state index contributed by atoms with van der Waals surface area (Å²) in [7, 11) is 1.46. The zero-order valence-corrected chi connectivity index (χ0v) is 13.6. The molecule has 0 radical (unpaired) electrons. The molecule has 6 heteroatoms. The molecule has 0 aliphatic rings. The zero-order chi connectivity index (χ0) is 17.7. The monoisotopic (exact) mass is 326 g/mol. The fourth-order valence-electron chi connectivity index (χ4n) is 2.31. The molecular weight excluding hydrogens is 308 g/mol. The molecule has 0 saturated carbocycles. The van der Waals surface area contributed by atoms with Crippen molar-refractivity contribution in [2.45, 2.75) is 26.3 Å². The number of nitriles is 1. The number of carbonyl (C=O) groups is 1. The van der Waals surface area contributed by atoms with Crippen LogP contribution in [-0.2, 0) is 6.54 Å². The molecule has 0 aliphatic carbocycles. The lowest BCUT2D eigenvalue weighted by Crippen LogP contribution is -2.24. The van der Waals surface area contributed by atoms with Crippen molar-refractivity contribution in [2.24, 2.45) is 0 Å². The summed E-state index contributed by atoms with van der Waals surface area (Å²) in [5.74, 6) is -0.241. The van der Waals surface area contributed by atoms with Crippen molar-refractivity contribution >= 4 is 5.78 Å². The third-order valence-corrected chi connectivity index (χ3v) is 3.67. The van der Waals surface area contributed by atoms with Crippen molar-refractivity contribution in [3.05, 3.63) is 57.5 Å². The van der Waals surface area contributed by atoms with Crippen molar-refractivity contribution in [1.29, 1.82) is 5.26 Å². The molecular formula is C18H18N2O4. The quantitative estimate of drug-likeness (QED) is 0.823. The van der Waals surface area contributed by atoms with Crippen LogP contribution in [0.15, 0.2) is 35.3 Å². The minimum absolute atomic E-state index is 0.0546. The van der Waals surface area contributed by atoms with Gasteiger partial charge in [0.05, 0.1) is 12.7 Å². The van der Waals surface area contributed by atoms with E-state index in [0.717, 1.165) is 12.8 Å². The second-order valence-corrected chi connectivity index (χ2v) is 5.32. The van der Waals surface area contributed by atoms with E-state index in [4.69, 9.17) is 10.00 Å². The van der Waals surface area contributed by atoms with Crippen LogP contribution in [0.2, 0.25) is 0 Å². The van der Waals surface area contributed by atoms with Crippen molar-refractivity contribution in [1.82, 2.24) is 4.57 Å². The minimum Gasteiger partial charge on any atom is -0.507 e. The van der Waals surface area contributed by atoms with Gasteiger partial charge in [-0.1, -0.05) is 13.3 Å². The maximum atomic E-state index is 12.7. The SMILES string of the molecule is CCCCn1cc(C(=O)c2cc(OC)ccc2O)cc(C#N)c1=O. The fourth-order valence-corrected chi connectivity index (χ4v) is 2.31. The Bertz CT molecular complexity index is 862. The lowest BCUT2D eigenvalue weighted by Gasteiger charge is -2.10. The smallest absolute Gasteiger partial charge is 0.268 e. The lowest BCUT2D eigenvalue weighted by atomic mass is 10.0. The Labute approximate surface area is 139 Å². The predicted molar refractivity (Wildman–Crippen MR) is 88.4 cm³/mol. The third-order valence-electron chi connectivity index (χ3n) is 3.67. The van der Waals surface area contributed by atoms with Crippen LogP contribution in [0.1, 0.15) is 41.3 Å². The molecule has 0 amide bonds. The van der Waals surface area contributed by atoms with E-state index in [2.05, 4.69) is 0 Å². The summed E-state index contributed by atoms with van der Waals surface area (Å²) in [6, 6.07) is 7.40. The number of aryl methyl sites for hydroxylation is 1. The number of benzene rings is 1. The van der Waals surface area contributed by atoms with E-state index in [1.807, 2.05) is 13.0 Å². The van der Waals surface area contributed by atoms with Gasteiger partial charge >= 0.3 is 0 Å². The number of aromatic nitrogens is 1. The molecule has 24 heavy (non-hydrogen) atoms. The number of rotatable bonds is 6. The fraction of sp³-hybridized carbons (Fsp3) is 0.278. The standard InChI is InChI=1S/C18H18N2O4/c1-3-4-7-20-11-13(8-12(10-19)18(20)23)17(22)15-9-14(24-2)5-6-16(15)21/h5-6,8-9,11,21H,3-4,7H2,1-2H3. The van der Waals surface area contributed by atoms with E-state index in [0.29, 0.717) is 12.3 Å². The summed E-state index contributed by atoms with van der Waals surface area (Å²) in [5.41, 5.74) is -0.290. The molecule has 0 unspecified atom stereocenters. The van der Waals surface area contributed by atoms with Gasteiger partial charge in [0.2, 0.25) is 0 Å². The average Bonchev–Trinajstić information content (AvgIpc) is 2.60. The van der Waals surface area contributed by atoms with E-state index >= 15 is 0 Å². The highest BCUT2D eigenvalue weighted by atomic mass is 16.5. The number of hydrogen-bond acceptors (Lipinski definition) is 5. The van der Waals surface area contributed by atoms with Crippen molar-refractivity contribution < 1.29 is 14.6 Å². The Kier molecular flexibility index (Phi) is 5.38. The number of unbranched alkanes of at least 4 members (excludes halogenated alkanes) is 1. The van der Waals surface area contributed by atoms with Gasteiger partial charge in [0, 0.05) is 18.3 Å². The summed E-state index contributed by atoms with van der Waals surface area (Å²) in [5, 5.41) is 19.1. The first-order chi connectivity index (χ1) is 11.5. The van der Waals surface area contributed by atoms with Crippen LogP contribution in [0.4, 0.5) is 0 Å². The predicted octanol–water partition coefficient (Wildman–Crippen LogP) is 2.47. The lowest BCUT2D eigenvalue weighted by molar-refractivity contribution is 0.103. The van der Waals surface area contributed by atoms with Gasteiger partial charge in [-0.25, -0.2) is 0 Å². The number of ketones is 1. The summed E-state index contributed by atoms with van der Waals surface area (Å²) in [6.45, 7) is 2.41. The number of methoxy groups -OCH3 is 1. The Morgan fingerprint density at radius 3 is 2.75 bits per heavy atom. The number of hydrogen-bond donors (Lipinski definition) is 1. The van der Waals surface area contributed by atoms with Crippen molar-refractivity contribution in [3.63, 3.8) is 0 Å². The molecule has 0 spiro atoms. The largest absolute Gasteiger partial charge is 0.507 e. The second-order valence-electron chi connectivity index (χ2n) is 5.32. The molecule has 0 saturated heterocycles. The molecule has 0 fully saturated rings. The molecule has 6 nitrogen and oxygen atoms in total. The van der Waals surface area contributed by atoms with Gasteiger partial charge in [-0.3, -0.25) is 9.59 Å². The van der Waals surface area contributed by atoms with Crippen molar-refractivity contribution in [2.75, 3.05) is 7.11 Å². The zero-order valence-electron chi connectivity index (χ0n) is 13.6. The Balaban J connectivity index is 2.53. The number of aromatic hydroxyl groups is 1. The maximum absolute atomic E-state index is 12.7. The minimum atomic E-state index is -0.479. The molecule has 2 rings (SSSR count). The molecule has 0 bridgehead atoms. The van der Waals surface area contributed by atoms with Gasteiger partial charge in [-0.15, -0.1) is 0 Å². The first kappa shape index (κ1) is 17.3. The number of phenols is 1. The van der Waals surface area contributed by atoms with Crippen LogP contribution in [0.25, 0.3) is 0 Å². The van der Waals surface area contributed by atoms with Gasteiger partial charge in [-0.05, 0) is 30.7 Å². The van der Waals surface area contributed by atoms with E-state index in [9.17, 15) is 14.7 Å². The van der Waals surface area contributed by atoms with E-state index in [1.165, 1.54) is 42.1 Å². The van der Waals surface area contributed by atoms with E-state index in [-0.39, 0.29) is 22.4 Å². The maximum Gasteiger partial charge on any atom is 0.268 e. The Morgan fingerprint density at radius 1 is 1.38 bits per heavy atom. The van der Waals surface area contributed by atoms with Crippen LogP contribution >= 0.6 is 0 Å². The van der Waals surface area contributed by atoms with Crippen LogP contribution < -0.4 is 10.3 Å². The normalized spacial score (nSPS) is 10.2. The van der Waals surface area contributed by atoms with E-state index < -0.39 is 11.3 Å². The number of nitrogens with zero attached hydrogens (tertiary/aromatic N) is 2. The molecule has 124 valence electrons. The summed E-state index contributed by atoms with van der Waals surface area (Å²) in [6.07, 6.45) is 3.07. The summed E-state index contributed by atoms with van der Waals surface area (Å²) >= 11 is 0. The molecule has 0 atom stereocenters. The van der Waals surface area contributed by atoms with Gasteiger partial charge < -0.3 is 14.4 Å². The Hall–Kier alpha value is -3.07. The first-order valence-corrected chi connectivity index (χ1v) is 7.58. The molecule has 1 aromatic carbocycles.